The summed E-state index contributed by atoms with van der Waals surface area (Å²) in [5.41, 5.74) is 27.8. The molecule has 9 heterocycles. The lowest BCUT2D eigenvalue weighted by molar-refractivity contribution is 0.673. The third-order valence-corrected chi connectivity index (χ3v) is 31.5. The lowest BCUT2D eigenvalue weighted by Crippen LogP contribution is -2.06. The molecular formula is C134H82N8OS2. The molecule has 31 rings (SSSR count). The molecule has 31 aromatic rings. The summed E-state index contributed by atoms with van der Waals surface area (Å²) in [6.07, 6.45) is 0. The molecule has 0 N–H and O–H groups in total. The predicted molar refractivity (Wildman–Crippen MR) is 611 cm³/mol. The number of aromatic nitrogens is 8. The lowest BCUT2D eigenvalue weighted by atomic mass is 9.96. The van der Waals surface area contributed by atoms with Crippen LogP contribution in [-0.2, 0) is 0 Å². The molecule has 0 unspecified atom stereocenters. The minimum Gasteiger partial charge on any atom is -0.455 e. The van der Waals surface area contributed by atoms with Crippen LogP contribution in [0.2, 0.25) is 0 Å². The Morgan fingerprint density at radius 3 is 1.28 bits per heavy atom. The Labute approximate surface area is 839 Å². The van der Waals surface area contributed by atoms with E-state index in [1.807, 2.05) is 53.0 Å². The molecule has 145 heavy (non-hydrogen) atoms. The molecule has 0 spiro atoms. The van der Waals surface area contributed by atoms with E-state index < -0.39 is 0 Å². The Morgan fingerprint density at radius 1 is 0.200 bits per heavy atom. The molecule has 0 aliphatic rings. The molecule has 0 amide bonds. The van der Waals surface area contributed by atoms with Gasteiger partial charge in [0.25, 0.3) is 0 Å². The van der Waals surface area contributed by atoms with Crippen LogP contribution in [-0.4, -0.2) is 38.2 Å². The van der Waals surface area contributed by atoms with Gasteiger partial charge in [-0.2, -0.15) is 9.97 Å². The molecule has 0 radical (unpaired) electrons. The number of benzene rings is 22. The molecule has 0 aliphatic heterocycles. The molecule has 9 nitrogen and oxygen atoms in total. The third kappa shape index (κ3) is 13.9. The van der Waals surface area contributed by atoms with E-state index in [4.69, 9.17) is 24.4 Å². The third-order valence-electron chi connectivity index (χ3n) is 29.1. The molecule has 676 valence electrons. The molecule has 11 heteroatoms. The minimum absolute atomic E-state index is 0.588. The normalized spacial score (nSPS) is 11.9. The van der Waals surface area contributed by atoms with Crippen molar-refractivity contribution in [2.75, 3.05) is 0 Å². The van der Waals surface area contributed by atoms with Gasteiger partial charge in [0.2, 0.25) is 5.95 Å². The largest absolute Gasteiger partial charge is 0.455 e. The monoisotopic (exact) mass is 1880 g/mol. The van der Waals surface area contributed by atoms with Gasteiger partial charge >= 0.3 is 0 Å². The number of pyridine rings is 1. The van der Waals surface area contributed by atoms with Gasteiger partial charge in [-0.3, -0.25) is 9.13 Å². The van der Waals surface area contributed by atoms with Gasteiger partial charge < -0.3 is 13.6 Å². The second kappa shape index (κ2) is 34.0. The highest BCUT2D eigenvalue weighted by atomic mass is 32.1. The van der Waals surface area contributed by atoms with Gasteiger partial charge in [0.1, 0.15) is 17.0 Å². The second-order valence-corrected chi connectivity index (χ2v) is 39.5. The van der Waals surface area contributed by atoms with Crippen LogP contribution in [0.4, 0.5) is 0 Å². The summed E-state index contributed by atoms with van der Waals surface area (Å²) in [6, 6.07) is 178. The topological polar surface area (TPSA) is 84.4 Å². The van der Waals surface area contributed by atoms with Gasteiger partial charge in [0.15, 0.2) is 11.6 Å². The fourth-order valence-electron chi connectivity index (χ4n) is 22.4. The maximum Gasteiger partial charge on any atom is 0.238 e. The van der Waals surface area contributed by atoms with E-state index in [9.17, 15) is 0 Å². The van der Waals surface area contributed by atoms with Gasteiger partial charge in [0.05, 0.1) is 60.7 Å². The highest BCUT2D eigenvalue weighted by Crippen LogP contribution is 2.50. The van der Waals surface area contributed by atoms with Crippen molar-refractivity contribution in [1.29, 1.82) is 0 Å². The number of fused-ring (bicyclic) bond motifs is 27. The summed E-state index contributed by atoms with van der Waals surface area (Å²) in [5, 5.41) is 23.3. The Bertz CT molecular complexity index is 10700. The molecule has 22 aromatic carbocycles. The first-order valence-electron chi connectivity index (χ1n) is 49.1. The van der Waals surface area contributed by atoms with Crippen LogP contribution in [0.1, 0.15) is 0 Å². The molecule has 0 fully saturated rings. The number of para-hydroxylation sites is 5. The zero-order valence-corrected chi connectivity index (χ0v) is 79.8. The van der Waals surface area contributed by atoms with E-state index in [0.29, 0.717) is 17.6 Å². The van der Waals surface area contributed by atoms with E-state index in [1.165, 1.54) is 150 Å². The Morgan fingerprint density at radius 2 is 0.621 bits per heavy atom. The number of nitrogens with zero attached hydrogens (tertiary/aromatic N) is 8. The number of furan rings is 1. The summed E-state index contributed by atoms with van der Waals surface area (Å²) in [5.74, 6) is 2.77. The van der Waals surface area contributed by atoms with Gasteiger partial charge in [-0.1, -0.05) is 376 Å². The Hall–Kier alpha value is -18.8. The molecule has 9 aromatic heterocycles. The van der Waals surface area contributed by atoms with Crippen LogP contribution >= 0.6 is 22.7 Å². The average molecular weight is 1880 g/mol. The van der Waals surface area contributed by atoms with Gasteiger partial charge in [-0.25, -0.2) is 9.97 Å². The molecule has 0 atom stereocenters. The fourth-order valence-corrected chi connectivity index (χ4v) is 24.9. The van der Waals surface area contributed by atoms with Crippen molar-refractivity contribution in [2.45, 2.75) is 0 Å². The summed E-state index contributed by atoms with van der Waals surface area (Å²) < 4.78 is 21.3. The van der Waals surface area contributed by atoms with Crippen molar-refractivity contribution in [1.82, 2.24) is 38.2 Å². The molecule has 0 saturated carbocycles. The van der Waals surface area contributed by atoms with Crippen LogP contribution in [0.5, 0.6) is 0 Å². The standard InChI is InChI=1S/C45H28N4S.C45H27N3S.C44H27NO/c1-4-13-29(14-5-1)32-19-12-20-34(27-32)44-46-43(31-17-8-3-9-18-31)47-45(48-44)49-38-26-25-36-35-21-10-11-22-40(35)50-42(36)41(38)37-24-23-33(28-39(37)49)30-15-6-2-7-16-30;1-2-12-29(13-3-1)47-38-19-9-5-15-31(38)32-23-22-28(26-41(32)47)36-27-43(46-37-18-8-4-14-30(36)37)48-39-20-10-6-17-35(39)44-40(48)25-24-34-33-16-7-11-21-42(33)49-45(34)44;1-2-10-28(11-3-1)33-20-21-37-40(27-33)45(39-23-22-36-35-16-8-9-17-42(35)46-44(36)43(37)39)41-26-32-15-7-6-14-31(32)25-38(41)34-19-18-29-12-4-5-13-30(29)24-34/h1-28H;1-27H;1-27H. The first-order valence-corrected chi connectivity index (χ1v) is 50.7. The van der Waals surface area contributed by atoms with E-state index >= 15 is 0 Å². The fraction of sp³-hybridized carbons (Fsp3) is 0. The number of hydrogen-bond acceptors (Lipinski definition) is 7. The van der Waals surface area contributed by atoms with Gasteiger partial charge in [-0.15, -0.1) is 22.7 Å². The maximum atomic E-state index is 6.66. The van der Waals surface area contributed by atoms with Crippen LogP contribution in [0.25, 0.3) is 284 Å². The maximum absolute atomic E-state index is 6.66. The molecule has 0 aliphatic carbocycles. The van der Waals surface area contributed by atoms with E-state index in [2.05, 4.69) is 485 Å². The SMILES string of the molecule is c1ccc(-c2ccc3c4c5oc6ccccc6c5ccc4n(-c4cc5ccccc5cc4-c4ccc5ccccc5c4)c3c2)cc1.c1ccc(-c2cccc(-c3nc(-c4ccccc4)nc(-n4c5cc(-c6ccccc6)ccc5c5c6sc7ccccc7c6ccc54)n3)c2)cc1.c1ccc(-n2c3ccccc3c3ccc(-c4cc(-n5c6ccccc6c6c7sc8ccccc8c7ccc65)nc5ccccc45)cc32)cc1. The molecule has 0 saturated heterocycles. The lowest BCUT2D eigenvalue weighted by Gasteiger charge is -2.17. The zero-order chi connectivity index (χ0) is 95.3. The van der Waals surface area contributed by atoms with Crippen molar-refractivity contribution in [3.63, 3.8) is 0 Å². The summed E-state index contributed by atoms with van der Waals surface area (Å²) in [7, 11) is 0. The first-order chi connectivity index (χ1) is 71.9. The van der Waals surface area contributed by atoms with Crippen molar-refractivity contribution in [2.24, 2.45) is 0 Å². The molecule has 0 bridgehead atoms. The Kier molecular flexibility index (Phi) is 19.5. The van der Waals surface area contributed by atoms with Crippen LogP contribution < -0.4 is 0 Å². The second-order valence-electron chi connectivity index (χ2n) is 37.4. The minimum atomic E-state index is 0.588. The highest BCUT2D eigenvalue weighted by molar-refractivity contribution is 7.27. The van der Waals surface area contributed by atoms with Crippen molar-refractivity contribution in [3.8, 4) is 102 Å². The van der Waals surface area contributed by atoms with Crippen LogP contribution in [0, 0.1) is 0 Å². The first kappa shape index (κ1) is 83.2. The predicted octanol–water partition coefficient (Wildman–Crippen LogP) is 36.8. The zero-order valence-electron chi connectivity index (χ0n) is 78.1. The highest BCUT2D eigenvalue weighted by Gasteiger charge is 2.28. The summed E-state index contributed by atoms with van der Waals surface area (Å²) in [4.78, 5) is 20.9. The smallest absolute Gasteiger partial charge is 0.238 e. The van der Waals surface area contributed by atoms with Crippen molar-refractivity contribution in [3.05, 3.63) is 497 Å². The van der Waals surface area contributed by atoms with Gasteiger partial charge in [-0.05, 0) is 193 Å². The summed E-state index contributed by atoms with van der Waals surface area (Å²) in [6.45, 7) is 0. The van der Waals surface area contributed by atoms with Crippen LogP contribution in [0.15, 0.2) is 502 Å². The number of rotatable bonds is 11. The Balaban J connectivity index is 0.000000103. The average Bonchev–Trinajstić information content (AvgIpc) is 1.65. The number of thiophene rings is 2. The quantitative estimate of drug-likeness (QED) is 0.129. The van der Waals surface area contributed by atoms with E-state index in [0.717, 1.165) is 116 Å². The van der Waals surface area contributed by atoms with E-state index in [-0.39, 0.29) is 0 Å². The summed E-state index contributed by atoms with van der Waals surface area (Å²) >= 11 is 3.73. The van der Waals surface area contributed by atoms with E-state index in [1.54, 1.807) is 0 Å². The molecular weight excluding hydrogens is 1800 g/mol. The van der Waals surface area contributed by atoms with Crippen LogP contribution in [0.3, 0.4) is 0 Å². The van der Waals surface area contributed by atoms with Gasteiger partial charge in [0, 0.05) is 117 Å². The number of hydrogen-bond donors (Lipinski definition) is 0. The van der Waals surface area contributed by atoms with Crippen molar-refractivity contribution < 1.29 is 4.42 Å². The van der Waals surface area contributed by atoms with Crippen molar-refractivity contribution >= 4 is 205 Å².